The van der Waals surface area contributed by atoms with Crippen molar-refractivity contribution in [1.29, 1.82) is 0 Å². The molecule has 3 N–H and O–H groups in total. The smallest absolute Gasteiger partial charge is 0.410 e. The van der Waals surface area contributed by atoms with Gasteiger partial charge < -0.3 is 30.2 Å². The molecule has 0 unspecified atom stereocenters. The van der Waals surface area contributed by atoms with Gasteiger partial charge >= 0.3 is 6.09 Å². The second-order valence-corrected chi connectivity index (χ2v) is 9.86. The lowest BCUT2D eigenvalue weighted by molar-refractivity contribution is -0.126. The van der Waals surface area contributed by atoms with Crippen LogP contribution in [0.5, 0.6) is 0 Å². The molecule has 3 heterocycles. The summed E-state index contributed by atoms with van der Waals surface area (Å²) in [7, 11) is 0. The summed E-state index contributed by atoms with van der Waals surface area (Å²) in [5.74, 6) is 0.726. The third kappa shape index (κ3) is 6.47. The van der Waals surface area contributed by atoms with E-state index in [1.165, 1.54) is 25.7 Å². The summed E-state index contributed by atoms with van der Waals surface area (Å²) in [6.45, 7) is 6.21. The molecule has 2 aromatic rings. The molecular weight excluding hydrogens is 452 g/mol. The number of fused-ring (bicyclic) bond motifs is 1. The largest absolute Gasteiger partial charge is 0.443 e. The summed E-state index contributed by atoms with van der Waals surface area (Å²) in [5, 5.41) is 11.6. The molecule has 1 atom stereocenters. The van der Waals surface area contributed by atoms with Crippen LogP contribution in [-0.2, 0) is 25.6 Å². The van der Waals surface area contributed by atoms with E-state index in [0.717, 1.165) is 0 Å². The molecule has 1 aliphatic carbocycles. The quantitative estimate of drug-likeness (QED) is 0.546. The van der Waals surface area contributed by atoms with Gasteiger partial charge in [-0.1, -0.05) is 18.9 Å². The fourth-order valence-corrected chi connectivity index (χ4v) is 4.40. The highest BCUT2D eigenvalue weighted by molar-refractivity contribution is 5.85. The predicted octanol–water partition coefficient (Wildman–Crippen LogP) is 1.80. The van der Waals surface area contributed by atoms with Crippen LogP contribution in [0.1, 0.15) is 57.1 Å². The SMILES string of the molecule is CC(C)(N)C(=O)N[C@H](COCC1CCCC1)c1nnc2cccc(COC(=O)N3CCOCC3)n12. The zero-order valence-electron chi connectivity index (χ0n) is 20.6. The van der Waals surface area contributed by atoms with Crippen molar-refractivity contribution in [2.45, 2.75) is 57.7 Å². The molecule has 1 saturated heterocycles. The zero-order chi connectivity index (χ0) is 24.8. The van der Waals surface area contributed by atoms with E-state index in [9.17, 15) is 9.59 Å². The number of ether oxygens (including phenoxy) is 3. The summed E-state index contributed by atoms with van der Waals surface area (Å²) < 4.78 is 18.7. The van der Waals surface area contributed by atoms with Gasteiger partial charge in [0, 0.05) is 19.7 Å². The highest BCUT2D eigenvalue weighted by Crippen LogP contribution is 2.25. The normalized spacial score (nSPS) is 18.1. The molecule has 2 amide bonds. The fourth-order valence-electron chi connectivity index (χ4n) is 4.40. The Morgan fingerprint density at radius 1 is 1.23 bits per heavy atom. The standard InChI is InChI=1S/C24H36N6O5/c1-24(2,25)22(31)26-19(16-34-14-17-6-3-4-7-17)21-28-27-20-9-5-8-18(30(20)21)15-35-23(32)29-10-12-33-13-11-29/h5,8-9,17,19H,3-4,6-7,10-16,25H2,1-2H3,(H,26,31)/t19-/m1/s1. The number of rotatable bonds is 9. The highest BCUT2D eigenvalue weighted by Gasteiger charge is 2.29. The summed E-state index contributed by atoms with van der Waals surface area (Å²) >= 11 is 0. The van der Waals surface area contributed by atoms with Crippen molar-refractivity contribution in [2.24, 2.45) is 11.7 Å². The van der Waals surface area contributed by atoms with Gasteiger partial charge in [-0.25, -0.2) is 4.79 Å². The number of amides is 2. The lowest BCUT2D eigenvalue weighted by Crippen LogP contribution is -2.51. The van der Waals surface area contributed by atoms with Crippen molar-refractivity contribution >= 4 is 17.6 Å². The Morgan fingerprint density at radius 3 is 2.69 bits per heavy atom. The molecule has 2 aromatic heterocycles. The number of nitrogens with one attached hydrogen (secondary N) is 1. The van der Waals surface area contributed by atoms with E-state index in [1.54, 1.807) is 23.1 Å². The monoisotopic (exact) mass is 488 g/mol. The van der Waals surface area contributed by atoms with Gasteiger partial charge in [0.05, 0.1) is 31.1 Å². The summed E-state index contributed by atoms with van der Waals surface area (Å²) in [6.07, 6.45) is 4.40. The molecule has 1 saturated carbocycles. The van der Waals surface area contributed by atoms with Crippen LogP contribution in [0.3, 0.4) is 0 Å². The third-order valence-corrected chi connectivity index (χ3v) is 6.46. The van der Waals surface area contributed by atoms with Crippen LogP contribution in [0.25, 0.3) is 5.65 Å². The molecule has 35 heavy (non-hydrogen) atoms. The Labute approximate surface area is 205 Å². The van der Waals surface area contributed by atoms with Gasteiger partial charge in [-0.2, -0.15) is 0 Å². The molecule has 0 bridgehead atoms. The molecule has 2 fully saturated rings. The number of hydrogen-bond donors (Lipinski definition) is 2. The number of morpholine rings is 1. The van der Waals surface area contributed by atoms with E-state index < -0.39 is 17.7 Å². The topological polar surface area (TPSA) is 133 Å². The van der Waals surface area contributed by atoms with Crippen molar-refractivity contribution in [3.8, 4) is 0 Å². The first kappa shape index (κ1) is 25.3. The Bertz CT molecular complexity index is 1010. The van der Waals surface area contributed by atoms with Crippen LogP contribution in [0.15, 0.2) is 18.2 Å². The number of pyridine rings is 1. The van der Waals surface area contributed by atoms with E-state index in [4.69, 9.17) is 19.9 Å². The van der Waals surface area contributed by atoms with Gasteiger partial charge in [0.2, 0.25) is 5.91 Å². The maximum Gasteiger partial charge on any atom is 0.410 e. The number of aromatic nitrogens is 3. The van der Waals surface area contributed by atoms with Crippen LogP contribution in [0.4, 0.5) is 4.79 Å². The first-order valence-corrected chi connectivity index (χ1v) is 12.3. The Morgan fingerprint density at radius 2 is 1.97 bits per heavy atom. The van der Waals surface area contributed by atoms with Crippen molar-refractivity contribution < 1.29 is 23.8 Å². The summed E-state index contributed by atoms with van der Waals surface area (Å²) in [5.41, 5.74) is 6.24. The second kappa shape index (κ2) is 11.3. The van der Waals surface area contributed by atoms with Crippen molar-refractivity contribution in [3.63, 3.8) is 0 Å². The van der Waals surface area contributed by atoms with Crippen LogP contribution in [-0.4, -0.2) is 76.6 Å². The predicted molar refractivity (Wildman–Crippen MR) is 127 cm³/mol. The van der Waals surface area contributed by atoms with Gasteiger partial charge in [0.1, 0.15) is 12.6 Å². The number of nitrogens with zero attached hydrogens (tertiary/aromatic N) is 4. The Kier molecular flexibility index (Phi) is 8.19. The molecule has 0 radical (unpaired) electrons. The van der Waals surface area contributed by atoms with Gasteiger partial charge in [-0.15, -0.1) is 10.2 Å². The molecule has 2 aliphatic rings. The van der Waals surface area contributed by atoms with Crippen molar-refractivity contribution in [1.82, 2.24) is 24.8 Å². The van der Waals surface area contributed by atoms with E-state index in [-0.39, 0.29) is 19.1 Å². The third-order valence-electron chi connectivity index (χ3n) is 6.46. The molecule has 11 heteroatoms. The van der Waals surface area contributed by atoms with Gasteiger partial charge in [-0.05, 0) is 44.7 Å². The molecule has 192 valence electrons. The van der Waals surface area contributed by atoms with Crippen LogP contribution in [0, 0.1) is 5.92 Å². The first-order valence-electron chi connectivity index (χ1n) is 12.3. The fraction of sp³-hybridized carbons (Fsp3) is 0.667. The number of hydrogen-bond acceptors (Lipinski definition) is 8. The Hall–Kier alpha value is -2.76. The molecule has 0 aromatic carbocycles. The average Bonchev–Trinajstić information content (AvgIpc) is 3.52. The van der Waals surface area contributed by atoms with E-state index in [1.807, 2.05) is 18.2 Å². The molecule has 0 spiro atoms. The average molecular weight is 489 g/mol. The van der Waals surface area contributed by atoms with Crippen molar-refractivity contribution in [3.05, 3.63) is 29.7 Å². The Balaban J connectivity index is 1.53. The van der Waals surface area contributed by atoms with Gasteiger partial charge in [0.15, 0.2) is 11.5 Å². The van der Waals surface area contributed by atoms with Crippen LogP contribution in [0.2, 0.25) is 0 Å². The maximum absolute atomic E-state index is 12.8. The first-order chi connectivity index (χ1) is 16.8. The molecule has 11 nitrogen and oxygen atoms in total. The molecule has 4 rings (SSSR count). The summed E-state index contributed by atoms with van der Waals surface area (Å²) in [4.78, 5) is 26.9. The van der Waals surface area contributed by atoms with E-state index >= 15 is 0 Å². The second-order valence-electron chi connectivity index (χ2n) is 9.86. The lowest BCUT2D eigenvalue weighted by Gasteiger charge is -2.26. The number of carbonyl (C=O) groups is 2. The maximum atomic E-state index is 12.8. The van der Waals surface area contributed by atoms with Crippen LogP contribution < -0.4 is 11.1 Å². The number of nitrogens with two attached hydrogens (primary N) is 1. The number of carbonyl (C=O) groups excluding carboxylic acids is 2. The van der Waals surface area contributed by atoms with Crippen LogP contribution >= 0.6 is 0 Å². The van der Waals surface area contributed by atoms with Gasteiger partial charge in [-0.3, -0.25) is 9.20 Å². The van der Waals surface area contributed by atoms with E-state index in [0.29, 0.717) is 56.0 Å². The lowest BCUT2D eigenvalue weighted by atomic mass is 10.1. The molecular formula is C24H36N6O5. The minimum absolute atomic E-state index is 0.0323. The van der Waals surface area contributed by atoms with Gasteiger partial charge in [0.25, 0.3) is 0 Å². The minimum Gasteiger partial charge on any atom is -0.443 e. The van der Waals surface area contributed by atoms with E-state index in [2.05, 4.69) is 15.5 Å². The highest BCUT2D eigenvalue weighted by atomic mass is 16.6. The zero-order valence-corrected chi connectivity index (χ0v) is 20.6. The molecule has 1 aliphatic heterocycles. The van der Waals surface area contributed by atoms with Crippen molar-refractivity contribution in [2.75, 3.05) is 39.5 Å². The summed E-state index contributed by atoms with van der Waals surface area (Å²) in [6, 6.07) is 4.92. The minimum atomic E-state index is -1.07.